The van der Waals surface area contributed by atoms with E-state index < -0.39 is 0 Å². The molecule has 5 heteroatoms. The summed E-state index contributed by atoms with van der Waals surface area (Å²) < 4.78 is 10.5. The predicted molar refractivity (Wildman–Crippen MR) is 195 cm³/mol. The first-order chi connectivity index (χ1) is 22.9. The Morgan fingerprint density at radius 1 is 0.688 bits per heavy atom. The molecule has 0 saturated heterocycles. The van der Waals surface area contributed by atoms with Crippen molar-refractivity contribution in [2.45, 2.75) is 46.5 Å². The van der Waals surface area contributed by atoms with Gasteiger partial charge in [0.15, 0.2) is 0 Å². The number of pyridine rings is 1. The van der Waals surface area contributed by atoms with E-state index >= 15 is 0 Å². The molecule has 3 heterocycles. The van der Waals surface area contributed by atoms with Crippen LogP contribution in [-0.2, 0) is 20.1 Å². The number of rotatable bonds is 5. The molecule has 0 spiro atoms. The molecule has 0 N–H and O–H groups in total. The zero-order valence-electron chi connectivity index (χ0n) is 27.8. The van der Waals surface area contributed by atoms with Crippen LogP contribution >= 0.6 is 0 Å². The van der Waals surface area contributed by atoms with Crippen LogP contribution in [0.4, 0.5) is 22.7 Å². The van der Waals surface area contributed by atoms with Gasteiger partial charge in [0.1, 0.15) is 11.3 Å². The summed E-state index contributed by atoms with van der Waals surface area (Å²) in [4.78, 5) is 4.32. The van der Waals surface area contributed by atoms with E-state index in [9.17, 15) is 0 Å². The van der Waals surface area contributed by atoms with Crippen LogP contribution in [0.25, 0.3) is 33.2 Å². The molecule has 0 unspecified atom stereocenters. The fraction of sp³-hybridized carbons (Fsp3) is 0.163. The summed E-state index contributed by atoms with van der Waals surface area (Å²) in [7, 11) is 0. The standard InChI is InChI=1S/C31H27N2O.C12H10N.Ir/c1-20(2)23-11-9-12-24(21(3)4)31(23)33-19-32(27-13-6-7-14-28(27)33)22-16-17-26-25-10-5-8-15-29(25)34-30(26)18-22;1-10-7-8-12(13-9-10)11-5-3-2-4-6-11;/h5-15,17-18,20-21H,1-4H3;2-5,7-9H,1H3;/q+1;-1;. The van der Waals surface area contributed by atoms with Crippen LogP contribution in [0, 0.1) is 19.1 Å². The van der Waals surface area contributed by atoms with E-state index in [0.717, 1.165) is 50.3 Å². The maximum absolute atomic E-state index is 6.17. The van der Waals surface area contributed by atoms with E-state index in [1.807, 2.05) is 67.7 Å². The van der Waals surface area contributed by atoms with Gasteiger partial charge in [-0.15, -0.1) is 42.0 Å². The Kier molecular flexibility index (Phi) is 9.66. The molecule has 4 nitrogen and oxygen atoms in total. The van der Waals surface area contributed by atoms with Crippen molar-refractivity contribution in [1.82, 2.24) is 14.1 Å². The molecule has 7 aromatic rings. The number of hydrogen-bond acceptors (Lipinski definition) is 2. The summed E-state index contributed by atoms with van der Waals surface area (Å²) >= 11 is 0. The monoisotopic (exact) mass is 804 g/mol. The van der Waals surface area contributed by atoms with Crippen molar-refractivity contribution >= 4 is 50.7 Å². The van der Waals surface area contributed by atoms with E-state index in [0.29, 0.717) is 11.8 Å². The summed E-state index contributed by atoms with van der Waals surface area (Å²) in [5.74, 6) is 0.797. The normalized spacial score (nSPS) is 12.0. The zero-order valence-corrected chi connectivity index (χ0v) is 30.2. The van der Waals surface area contributed by atoms with Gasteiger partial charge in [0.2, 0.25) is 5.69 Å². The molecule has 0 aliphatic carbocycles. The van der Waals surface area contributed by atoms with Gasteiger partial charge < -0.3 is 9.40 Å². The molecule has 0 atom stereocenters. The third-order valence-corrected chi connectivity index (χ3v) is 8.56. The van der Waals surface area contributed by atoms with Crippen LogP contribution < -0.4 is 9.15 Å². The summed E-state index contributed by atoms with van der Waals surface area (Å²) in [5, 5.41) is 2.19. The largest absolute Gasteiger partial charge is 0.501 e. The second kappa shape index (κ2) is 14.1. The minimum absolute atomic E-state index is 0. The van der Waals surface area contributed by atoms with Gasteiger partial charge in [-0.25, -0.2) is 0 Å². The SMILES string of the molecule is CC(C)c1cccc(C(C)C)c1[N+]1=C=[N+](c2[c-]cc3c(c2)oc2ccccc23)c2ccccc21.Cc1ccc(-c2[c-]cccc2)nc1.[Ir]. The maximum atomic E-state index is 6.17. The van der Waals surface area contributed by atoms with Crippen molar-refractivity contribution in [1.29, 1.82) is 0 Å². The summed E-state index contributed by atoms with van der Waals surface area (Å²) in [6, 6.07) is 49.6. The van der Waals surface area contributed by atoms with Gasteiger partial charge in [0.05, 0.1) is 0 Å². The average Bonchev–Trinajstić information content (AvgIpc) is 3.67. The first kappa shape index (κ1) is 33.0. The minimum atomic E-state index is 0. The summed E-state index contributed by atoms with van der Waals surface area (Å²) in [5.41, 5.74) is 12.0. The van der Waals surface area contributed by atoms with E-state index in [2.05, 4.69) is 121 Å². The van der Waals surface area contributed by atoms with E-state index in [1.165, 1.54) is 22.4 Å². The van der Waals surface area contributed by atoms with Gasteiger partial charge >= 0.3 is 6.01 Å². The third-order valence-electron chi connectivity index (χ3n) is 8.56. The van der Waals surface area contributed by atoms with Crippen LogP contribution in [0.3, 0.4) is 0 Å². The van der Waals surface area contributed by atoms with E-state index in [4.69, 9.17) is 4.42 Å². The van der Waals surface area contributed by atoms with Crippen molar-refractivity contribution in [2.75, 3.05) is 0 Å². The molecule has 1 radical (unpaired) electrons. The molecule has 48 heavy (non-hydrogen) atoms. The quantitative estimate of drug-likeness (QED) is 0.128. The van der Waals surface area contributed by atoms with Crippen molar-refractivity contribution in [3.05, 3.63) is 150 Å². The molecule has 1 aliphatic heterocycles. The van der Waals surface area contributed by atoms with E-state index in [-0.39, 0.29) is 20.1 Å². The minimum Gasteiger partial charge on any atom is -0.483 e. The number of nitrogens with zero attached hydrogens (tertiary/aromatic N) is 3. The van der Waals surface area contributed by atoms with Gasteiger partial charge in [-0.2, -0.15) is 6.07 Å². The molecule has 2 aromatic heterocycles. The third kappa shape index (κ3) is 6.33. The molecule has 0 fully saturated rings. The zero-order chi connectivity index (χ0) is 32.5. The Morgan fingerprint density at radius 2 is 1.38 bits per heavy atom. The Bertz CT molecular complexity index is 2270. The summed E-state index contributed by atoms with van der Waals surface area (Å²) in [6.45, 7) is 11.1. The van der Waals surface area contributed by atoms with Crippen LogP contribution in [0.1, 0.15) is 56.2 Å². The fourth-order valence-electron chi connectivity index (χ4n) is 6.14. The van der Waals surface area contributed by atoms with Gasteiger partial charge in [-0.05, 0) is 46.0 Å². The van der Waals surface area contributed by atoms with Gasteiger partial charge in [-0.1, -0.05) is 104 Å². The maximum Gasteiger partial charge on any atom is 0.501 e. The smallest absolute Gasteiger partial charge is 0.483 e. The molecular weight excluding hydrogens is 767 g/mol. The van der Waals surface area contributed by atoms with Crippen LogP contribution in [0.15, 0.2) is 126 Å². The number of aromatic nitrogens is 1. The average molecular weight is 804 g/mol. The predicted octanol–water partition coefficient (Wildman–Crippen LogP) is 11.3. The molecule has 0 bridgehead atoms. The molecule has 1 aliphatic rings. The van der Waals surface area contributed by atoms with Gasteiger partial charge in [0.25, 0.3) is 11.4 Å². The number of benzene rings is 5. The number of fused-ring (bicyclic) bond motifs is 4. The van der Waals surface area contributed by atoms with Crippen LogP contribution in [0.5, 0.6) is 0 Å². The van der Waals surface area contributed by atoms with Crippen molar-refractivity contribution in [2.24, 2.45) is 0 Å². The second-order valence-electron chi connectivity index (χ2n) is 12.5. The Labute approximate surface area is 296 Å². The number of furan rings is 1. The first-order valence-electron chi connectivity index (χ1n) is 16.2. The summed E-state index contributed by atoms with van der Waals surface area (Å²) in [6.07, 6.45) is 1.87. The molecule has 8 rings (SSSR count). The number of aryl methyl sites for hydroxylation is 1. The second-order valence-corrected chi connectivity index (χ2v) is 12.5. The molecule has 239 valence electrons. The number of para-hydroxylation sites is 4. The molecule has 0 saturated carbocycles. The Balaban J connectivity index is 0.000000241. The van der Waals surface area contributed by atoms with Gasteiger partial charge in [-0.3, -0.25) is 0 Å². The number of hydrogen-bond donors (Lipinski definition) is 0. The van der Waals surface area contributed by atoms with Gasteiger partial charge in [0, 0.05) is 55.1 Å². The Morgan fingerprint density at radius 3 is 2.04 bits per heavy atom. The van der Waals surface area contributed by atoms with Crippen molar-refractivity contribution in [3.8, 4) is 11.3 Å². The van der Waals surface area contributed by atoms with Crippen molar-refractivity contribution in [3.63, 3.8) is 0 Å². The van der Waals surface area contributed by atoms with Crippen LogP contribution in [0.2, 0.25) is 0 Å². The van der Waals surface area contributed by atoms with Crippen LogP contribution in [-0.4, -0.2) is 11.0 Å². The Hall–Kier alpha value is -4.92. The molecule has 0 amide bonds. The topological polar surface area (TPSA) is 32.0 Å². The molecule has 5 aromatic carbocycles. The first-order valence-corrected chi connectivity index (χ1v) is 16.2. The van der Waals surface area contributed by atoms with E-state index in [1.54, 1.807) is 0 Å². The fourth-order valence-corrected chi connectivity index (χ4v) is 6.14. The molecular formula is C43H37IrN3O. The van der Waals surface area contributed by atoms with Crippen molar-refractivity contribution < 1.29 is 24.5 Å².